The molecule has 3 aliphatic rings. The van der Waals surface area contributed by atoms with Crippen LogP contribution >= 0.6 is 0 Å². The molecule has 0 aliphatic carbocycles. The zero-order valence-electron chi connectivity index (χ0n) is 34.5. The monoisotopic (exact) mass is 830 g/mol. The summed E-state index contributed by atoms with van der Waals surface area (Å²) in [7, 11) is 1.71. The molecule has 3 aliphatic heterocycles. The van der Waals surface area contributed by atoms with E-state index >= 15 is 8.78 Å². The number of rotatable bonds is 10. The van der Waals surface area contributed by atoms with Crippen LogP contribution in [0.15, 0.2) is 65.7 Å². The first-order valence-corrected chi connectivity index (χ1v) is 20.9. The number of hydrogen-bond acceptors (Lipinski definition) is 8. The lowest BCUT2D eigenvalue weighted by Crippen LogP contribution is -2.47. The summed E-state index contributed by atoms with van der Waals surface area (Å²) in [4.78, 5) is 60.4. The van der Waals surface area contributed by atoms with E-state index in [1.54, 1.807) is 39.7 Å². The molecular formula is C45H48F2N10O4. The number of amides is 3. The zero-order valence-corrected chi connectivity index (χ0v) is 34.5. The van der Waals surface area contributed by atoms with Crippen molar-refractivity contribution in [2.75, 3.05) is 50.7 Å². The number of piperidine rings is 1. The Morgan fingerprint density at radius 2 is 1.77 bits per heavy atom. The minimum absolute atomic E-state index is 0.0437. The Labute approximate surface area is 350 Å². The van der Waals surface area contributed by atoms with Crippen molar-refractivity contribution in [2.24, 2.45) is 7.05 Å². The quantitative estimate of drug-likeness (QED) is 0.183. The van der Waals surface area contributed by atoms with Gasteiger partial charge in [-0.15, -0.1) is 5.10 Å². The van der Waals surface area contributed by atoms with Gasteiger partial charge in [0.2, 0.25) is 17.7 Å². The molecule has 9 rings (SSSR count). The molecule has 6 heterocycles. The highest BCUT2D eigenvalue weighted by Gasteiger charge is 2.32. The number of hydrogen-bond donors (Lipinski definition) is 2. The van der Waals surface area contributed by atoms with E-state index in [2.05, 4.69) is 30.4 Å². The summed E-state index contributed by atoms with van der Waals surface area (Å²) in [5.41, 5.74) is 7.17. The van der Waals surface area contributed by atoms with Crippen LogP contribution in [-0.2, 0) is 34.4 Å². The molecule has 1 unspecified atom stereocenters. The molecule has 14 nitrogen and oxygen atoms in total. The van der Waals surface area contributed by atoms with Crippen molar-refractivity contribution in [1.29, 1.82) is 0 Å². The number of carbonyl (C=O) groups is 3. The third kappa shape index (κ3) is 7.53. The van der Waals surface area contributed by atoms with Crippen LogP contribution in [-0.4, -0.2) is 102 Å². The van der Waals surface area contributed by atoms with Gasteiger partial charge in [0.25, 0.3) is 0 Å². The summed E-state index contributed by atoms with van der Waals surface area (Å²) >= 11 is 0. The van der Waals surface area contributed by atoms with Gasteiger partial charge in [-0.1, -0.05) is 23.4 Å². The highest BCUT2D eigenvalue weighted by atomic mass is 19.1. The second kappa shape index (κ2) is 16.2. The van der Waals surface area contributed by atoms with E-state index in [0.29, 0.717) is 90.9 Å². The Kier molecular flexibility index (Phi) is 10.6. The lowest BCUT2D eigenvalue weighted by atomic mass is 9.91. The molecule has 316 valence electrons. The van der Waals surface area contributed by atoms with Gasteiger partial charge in [0.15, 0.2) is 5.82 Å². The second-order valence-corrected chi connectivity index (χ2v) is 16.4. The van der Waals surface area contributed by atoms with E-state index in [0.717, 1.165) is 34.4 Å². The van der Waals surface area contributed by atoms with Gasteiger partial charge >= 0.3 is 5.69 Å². The Hall–Kier alpha value is -6.42. The molecule has 61 heavy (non-hydrogen) atoms. The average molecular weight is 831 g/mol. The van der Waals surface area contributed by atoms with Crippen LogP contribution in [0.2, 0.25) is 0 Å². The van der Waals surface area contributed by atoms with Crippen molar-refractivity contribution in [3.8, 4) is 11.1 Å². The molecule has 3 aromatic carbocycles. The first-order valence-electron chi connectivity index (χ1n) is 20.9. The van der Waals surface area contributed by atoms with Crippen LogP contribution in [0.5, 0.6) is 0 Å². The van der Waals surface area contributed by atoms with Gasteiger partial charge in [-0.05, 0) is 91.3 Å². The number of nitrogens with one attached hydrogen (secondary N) is 2. The summed E-state index contributed by atoms with van der Waals surface area (Å²) in [6, 6.07) is 12.2. The smallest absolute Gasteiger partial charge is 0.329 e. The first kappa shape index (κ1) is 40.0. The Morgan fingerprint density at radius 3 is 2.54 bits per heavy atom. The summed E-state index contributed by atoms with van der Waals surface area (Å²) < 4.78 is 37.4. The SMILES string of the molecule is Cc1cc2c(-c3cc(F)c(N4CCN(CCc5cccc6c5n(C)c(=O)n6C5CCC(=O)NC5=O)CC4)cc3C)cc(C3=CCCN(C(=O)CCn4ccnn4)C3)c(F)c2[nH]1. The normalized spacial score (nSPS) is 17.7. The minimum atomic E-state index is -0.742. The molecule has 0 bridgehead atoms. The van der Waals surface area contributed by atoms with Gasteiger partial charge in [-0.2, -0.15) is 0 Å². The van der Waals surface area contributed by atoms with Crippen molar-refractivity contribution in [2.45, 2.75) is 58.5 Å². The summed E-state index contributed by atoms with van der Waals surface area (Å²) in [6.07, 6.45) is 7.25. The van der Waals surface area contributed by atoms with Crippen molar-refractivity contribution in [3.05, 3.63) is 105 Å². The van der Waals surface area contributed by atoms with Gasteiger partial charge in [-0.3, -0.25) is 38.4 Å². The number of nitrogens with zero attached hydrogens (tertiary/aromatic N) is 8. The number of piperazine rings is 1. The lowest BCUT2D eigenvalue weighted by molar-refractivity contribution is -0.136. The summed E-state index contributed by atoms with van der Waals surface area (Å²) in [5.74, 6) is -1.58. The van der Waals surface area contributed by atoms with E-state index in [4.69, 9.17) is 0 Å². The fraction of sp³-hybridized carbons (Fsp3) is 0.378. The Morgan fingerprint density at radius 1 is 0.951 bits per heavy atom. The molecule has 1 atom stereocenters. The van der Waals surface area contributed by atoms with E-state index in [-0.39, 0.29) is 49.1 Å². The van der Waals surface area contributed by atoms with Gasteiger partial charge in [-0.25, -0.2) is 13.6 Å². The van der Waals surface area contributed by atoms with Crippen LogP contribution in [0.3, 0.4) is 0 Å². The molecule has 16 heteroatoms. The van der Waals surface area contributed by atoms with Crippen LogP contribution in [0.25, 0.3) is 38.6 Å². The number of H-pyrrole nitrogens is 1. The number of imide groups is 1. The topological polar surface area (TPSA) is 146 Å². The fourth-order valence-corrected chi connectivity index (χ4v) is 9.36. The van der Waals surface area contributed by atoms with E-state index < -0.39 is 17.8 Å². The number of anilines is 1. The molecule has 6 aromatic rings. The van der Waals surface area contributed by atoms with Crippen LogP contribution in [0.4, 0.5) is 14.5 Å². The van der Waals surface area contributed by atoms with Gasteiger partial charge in [0.05, 0.1) is 35.0 Å². The number of aromatic nitrogens is 6. The number of imidazole rings is 1. The fourth-order valence-electron chi connectivity index (χ4n) is 9.36. The third-order valence-corrected chi connectivity index (χ3v) is 12.6. The maximum atomic E-state index is 16.4. The number of fused-ring (bicyclic) bond motifs is 2. The van der Waals surface area contributed by atoms with E-state index in [9.17, 15) is 19.2 Å². The number of carbonyl (C=O) groups excluding carboxylic acids is 3. The van der Waals surface area contributed by atoms with Crippen LogP contribution < -0.4 is 15.9 Å². The molecule has 0 radical (unpaired) electrons. The molecule has 2 N–H and O–H groups in total. The standard InChI is InChI=1S/C45H48F2N10O4/c1-27-22-38(54-20-18-53(19-21-54)15-11-29-6-4-8-36-43(29)52(3)45(61)57(36)37-9-10-39(58)50-44(37)60)35(46)25-31(27)33-24-32(41(47)42-34(33)23-28(2)49-42)30-7-5-14-55(26-30)40(59)12-16-56-17-13-48-51-56/h4,6-8,13,17,22-25,37,49H,5,9-12,14-16,18-21,26H2,1-3H3,(H,50,58,60). The number of benzene rings is 3. The predicted octanol–water partition coefficient (Wildman–Crippen LogP) is 5.02. The minimum Gasteiger partial charge on any atom is -0.367 e. The number of aromatic amines is 1. The Bertz CT molecular complexity index is 2790. The van der Waals surface area contributed by atoms with E-state index in [1.807, 2.05) is 56.3 Å². The van der Waals surface area contributed by atoms with Gasteiger partial charge in [0, 0.05) is 88.5 Å². The van der Waals surface area contributed by atoms with Crippen molar-refractivity contribution >= 4 is 50.9 Å². The summed E-state index contributed by atoms with van der Waals surface area (Å²) in [5, 5.41) is 10.8. The lowest BCUT2D eigenvalue weighted by Gasteiger charge is -2.36. The largest absolute Gasteiger partial charge is 0.367 e. The summed E-state index contributed by atoms with van der Waals surface area (Å²) in [6.45, 7) is 8.45. The highest BCUT2D eigenvalue weighted by molar-refractivity contribution is 6.01. The van der Waals surface area contributed by atoms with Crippen LogP contribution in [0, 0.1) is 25.5 Å². The number of para-hydroxylation sites is 1. The first-order chi connectivity index (χ1) is 29.4. The van der Waals surface area contributed by atoms with E-state index in [1.165, 1.54) is 4.57 Å². The van der Waals surface area contributed by atoms with Crippen molar-refractivity contribution in [3.63, 3.8) is 0 Å². The molecule has 3 amide bonds. The highest BCUT2D eigenvalue weighted by Crippen LogP contribution is 2.40. The zero-order chi connectivity index (χ0) is 42.5. The number of aryl methyl sites for hydroxylation is 4. The third-order valence-electron chi connectivity index (χ3n) is 12.6. The van der Waals surface area contributed by atoms with Gasteiger partial charge in [0.1, 0.15) is 11.9 Å². The second-order valence-electron chi connectivity index (χ2n) is 16.4. The Balaban J connectivity index is 0.902. The maximum Gasteiger partial charge on any atom is 0.329 e. The predicted molar refractivity (Wildman–Crippen MR) is 228 cm³/mol. The van der Waals surface area contributed by atoms with Crippen molar-refractivity contribution < 1.29 is 23.2 Å². The van der Waals surface area contributed by atoms with Gasteiger partial charge < -0.3 is 14.8 Å². The molecule has 0 spiro atoms. The van der Waals surface area contributed by atoms with Crippen molar-refractivity contribution in [1.82, 2.24) is 44.2 Å². The molecule has 2 fully saturated rings. The molecule has 2 saturated heterocycles. The molecule has 3 aromatic heterocycles. The van der Waals surface area contributed by atoms with Crippen LogP contribution in [0.1, 0.15) is 54.1 Å². The molecule has 0 saturated carbocycles. The number of halogens is 2. The maximum absolute atomic E-state index is 16.4. The molecular weight excluding hydrogens is 783 g/mol. The average Bonchev–Trinajstić information content (AvgIpc) is 3.99.